The third kappa shape index (κ3) is 5.71. The van der Waals surface area contributed by atoms with Gasteiger partial charge in [-0.25, -0.2) is 0 Å². The molecule has 0 bridgehead atoms. The van der Waals surface area contributed by atoms with Gasteiger partial charge in [-0.3, -0.25) is 0 Å². The summed E-state index contributed by atoms with van der Waals surface area (Å²) in [5.74, 6) is 1.08. The molecule has 0 spiro atoms. The largest absolute Gasteiger partial charge is 0.497 e. The van der Waals surface area contributed by atoms with E-state index < -0.39 is 0 Å². The van der Waals surface area contributed by atoms with Gasteiger partial charge in [0, 0.05) is 0 Å². The minimum atomic E-state index is 0.406. The predicted molar refractivity (Wildman–Crippen MR) is 40.7 cm³/mol. The Balaban J connectivity index is 2.97. The number of rotatable bonds is 5. The van der Waals surface area contributed by atoms with Crippen molar-refractivity contribution in [2.75, 3.05) is 12.5 Å². The van der Waals surface area contributed by atoms with Crippen molar-refractivity contribution in [2.45, 2.75) is 19.8 Å². The van der Waals surface area contributed by atoms with Crippen molar-refractivity contribution >= 4 is 11.6 Å². The smallest absolute Gasteiger partial charge is 0.104 e. The van der Waals surface area contributed by atoms with Crippen LogP contribution in [-0.2, 0) is 4.74 Å². The summed E-state index contributed by atoms with van der Waals surface area (Å²) in [6, 6.07) is 0. The highest BCUT2D eigenvalue weighted by Crippen LogP contribution is 1.98. The number of allylic oxidation sites excluding steroid dienone is 1. The van der Waals surface area contributed by atoms with Gasteiger partial charge in [0.15, 0.2) is 0 Å². The van der Waals surface area contributed by atoms with Gasteiger partial charge in [0.25, 0.3) is 0 Å². The Morgan fingerprint density at radius 1 is 1.67 bits per heavy atom. The van der Waals surface area contributed by atoms with Crippen LogP contribution in [0.2, 0.25) is 0 Å². The zero-order valence-corrected chi connectivity index (χ0v) is 6.58. The molecule has 0 aromatic rings. The molecule has 54 valence electrons. The monoisotopic (exact) mass is 148 g/mol. The molecule has 0 unspecified atom stereocenters. The molecule has 0 N–H and O–H groups in total. The van der Waals surface area contributed by atoms with E-state index in [2.05, 4.69) is 13.5 Å². The highest BCUT2D eigenvalue weighted by atomic mass is 35.5. The van der Waals surface area contributed by atoms with Crippen LogP contribution >= 0.6 is 11.6 Å². The first kappa shape index (κ1) is 8.83. The molecule has 0 aromatic heterocycles. The Labute approximate surface area is 61.7 Å². The van der Waals surface area contributed by atoms with Crippen molar-refractivity contribution in [1.29, 1.82) is 0 Å². The zero-order chi connectivity index (χ0) is 7.11. The molecule has 0 aliphatic heterocycles. The topological polar surface area (TPSA) is 9.23 Å². The van der Waals surface area contributed by atoms with Gasteiger partial charge < -0.3 is 4.74 Å². The molecular weight excluding hydrogens is 136 g/mol. The Kier molecular flexibility index (Phi) is 5.85. The van der Waals surface area contributed by atoms with Gasteiger partial charge in [0.2, 0.25) is 0 Å². The standard InChI is InChI=1S/C7H13ClO/c1-3-4-5-9-7(2)6-8/h2-6H2,1H3. The molecule has 0 atom stereocenters. The van der Waals surface area contributed by atoms with Gasteiger partial charge in [0.1, 0.15) is 5.76 Å². The summed E-state index contributed by atoms with van der Waals surface area (Å²) >= 11 is 5.41. The van der Waals surface area contributed by atoms with Crippen LogP contribution in [0.25, 0.3) is 0 Å². The lowest BCUT2D eigenvalue weighted by molar-refractivity contribution is 0.212. The molecule has 0 aliphatic rings. The van der Waals surface area contributed by atoms with Gasteiger partial charge in [-0.1, -0.05) is 19.9 Å². The van der Waals surface area contributed by atoms with Crippen LogP contribution in [0, 0.1) is 0 Å². The van der Waals surface area contributed by atoms with E-state index in [4.69, 9.17) is 16.3 Å². The minimum Gasteiger partial charge on any atom is -0.497 e. The molecule has 1 nitrogen and oxygen atoms in total. The summed E-state index contributed by atoms with van der Waals surface area (Å²) < 4.78 is 5.11. The first-order chi connectivity index (χ1) is 4.31. The number of halogens is 1. The van der Waals surface area contributed by atoms with Gasteiger partial charge in [-0.05, 0) is 6.42 Å². The Morgan fingerprint density at radius 2 is 2.33 bits per heavy atom. The summed E-state index contributed by atoms with van der Waals surface area (Å²) in [4.78, 5) is 0. The van der Waals surface area contributed by atoms with Crippen LogP contribution in [0.3, 0.4) is 0 Å². The van der Waals surface area contributed by atoms with E-state index in [0.29, 0.717) is 11.6 Å². The highest BCUT2D eigenvalue weighted by molar-refractivity contribution is 6.19. The summed E-state index contributed by atoms with van der Waals surface area (Å²) in [5, 5.41) is 0. The van der Waals surface area contributed by atoms with E-state index >= 15 is 0 Å². The average Bonchev–Trinajstić information content (AvgIpc) is 1.89. The summed E-state index contributed by atoms with van der Waals surface area (Å²) in [6.07, 6.45) is 2.23. The van der Waals surface area contributed by atoms with Gasteiger partial charge >= 0.3 is 0 Å². The van der Waals surface area contributed by atoms with Crippen LogP contribution in [-0.4, -0.2) is 12.5 Å². The Morgan fingerprint density at radius 3 is 2.78 bits per heavy atom. The van der Waals surface area contributed by atoms with E-state index in [1.54, 1.807) is 0 Å². The fraction of sp³-hybridized carbons (Fsp3) is 0.714. The number of hydrogen-bond acceptors (Lipinski definition) is 1. The third-order valence-electron chi connectivity index (χ3n) is 0.953. The molecule has 0 heterocycles. The SMILES string of the molecule is C=C(CCl)OCCCC. The van der Waals surface area contributed by atoms with E-state index in [9.17, 15) is 0 Å². The number of alkyl halides is 1. The fourth-order valence-corrected chi connectivity index (χ4v) is 0.477. The van der Waals surface area contributed by atoms with Crippen molar-refractivity contribution in [3.63, 3.8) is 0 Å². The van der Waals surface area contributed by atoms with Crippen molar-refractivity contribution in [3.05, 3.63) is 12.3 Å². The maximum atomic E-state index is 5.41. The molecule has 0 amide bonds. The molecule has 0 aliphatic carbocycles. The number of ether oxygens (including phenoxy) is 1. The maximum Gasteiger partial charge on any atom is 0.104 e. The van der Waals surface area contributed by atoms with Gasteiger partial charge in [0.05, 0.1) is 12.5 Å². The van der Waals surface area contributed by atoms with E-state index in [1.165, 1.54) is 0 Å². The molecule has 0 rings (SSSR count). The molecule has 2 heteroatoms. The summed E-state index contributed by atoms with van der Waals surface area (Å²) in [5.41, 5.74) is 0. The van der Waals surface area contributed by atoms with Crippen LogP contribution in [0.15, 0.2) is 12.3 Å². The van der Waals surface area contributed by atoms with E-state index in [0.717, 1.165) is 19.4 Å². The molecule has 0 fully saturated rings. The molecular formula is C7H13ClO. The molecule has 0 saturated heterocycles. The average molecular weight is 149 g/mol. The maximum absolute atomic E-state index is 5.41. The van der Waals surface area contributed by atoms with E-state index in [1.807, 2.05) is 0 Å². The number of hydrogen-bond donors (Lipinski definition) is 0. The summed E-state index contributed by atoms with van der Waals surface area (Å²) in [7, 11) is 0. The normalized spacial score (nSPS) is 9.11. The lowest BCUT2D eigenvalue weighted by Gasteiger charge is -2.03. The van der Waals surface area contributed by atoms with Crippen LogP contribution in [0.4, 0.5) is 0 Å². The molecule has 0 aromatic carbocycles. The predicted octanol–water partition coefficient (Wildman–Crippen LogP) is 2.56. The van der Waals surface area contributed by atoms with Crippen molar-refractivity contribution in [1.82, 2.24) is 0 Å². The fourth-order valence-electron chi connectivity index (χ4n) is 0.399. The summed E-state index contributed by atoms with van der Waals surface area (Å²) in [6.45, 7) is 6.46. The van der Waals surface area contributed by atoms with Crippen molar-refractivity contribution < 1.29 is 4.74 Å². The van der Waals surface area contributed by atoms with Gasteiger partial charge in [-0.15, -0.1) is 11.6 Å². The Bertz CT molecular complexity index is 81.0. The highest BCUT2D eigenvalue weighted by Gasteiger charge is 1.89. The number of unbranched alkanes of at least 4 members (excludes halogenated alkanes) is 1. The van der Waals surface area contributed by atoms with Gasteiger partial charge in [-0.2, -0.15) is 0 Å². The van der Waals surface area contributed by atoms with Crippen LogP contribution in [0.1, 0.15) is 19.8 Å². The zero-order valence-electron chi connectivity index (χ0n) is 5.82. The minimum absolute atomic E-state index is 0.406. The molecule has 0 saturated carbocycles. The Hall–Kier alpha value is -0.170. The second kappa shape index (κ2) is 5.96. The van der Waals surface area contributed by atoms with E-state index in [-0.39, 0.29) is 0 Å². The van der Waals surface area contributed by atoms with Crippen LogP contribution < -0.4 is 0 Å². The van der Waals surface area contributed by atoms with Crippen molar-refractivity contribution in [3.8, 4) is 0 Å². The quantitative estimate of drug-likeness (QED) is 0.331. The molecule has 9 heavy (non-hydrogen) atoms. The lowest BCUT2D eigenvalue weighted by atomic mass is 10.4. The second-order valence-electron chi connectivity index (χ2n) is 1.87. The molecule has 0 radical (unpaired) electrons. The first-order valence-corrected chi connectivity index (χ1v) is 3.71. The van der Waals surface area contributed by atoms with Crippen molar-refractivity contribution in [2.24, 2.45) is 0 Å². The third-order valence-corrected chi connectivity index (χ3v) is 1.25. The first-order valence-electron chi connectivity index (χ1n) is 3.17. The van der Waals surface area contributed by atoms with Crippen LogP contribution in [0.5, 0.6) is 0 Å². The lowest BCUT2D eigenvalue weighted by Crippen LogP contribution is -1.93. The second-order valence-corrected chi connectivity index (χ2v) is 2.14.